The molecule has 0 aromatic heterocycles. The molecule has 2 heterocycles. The molecule has 2 N–H and O–H groups in total. The maximum atomic E-state index is 12.3. The normalized spacial score (nSPS) is 40.0. The summed E-state index contributed by atoms with van der Waals surface area (Å²) in [6.07, 6.45) is 2.64. The van der Waals surface area contributed by atoms with Gasteiger partial charge in [0.25, 0.3) is 0 Å². The number of rotatable bonds is 3. The fraction of sp³-hybridized carbons (Fsp3) is 0.857. The van der Waals surface area contributed by atoms with E-state index in [1.165, 1.54) is 4.90 Å². The van der Waals surface area contributed by atoms with Crippen LogP contribution in [0.5, 0.6) is 0 Å². The van der Waals surface area contributed by atoms with Crippen molar-refractivity contribution in [3.8, 4) is 0 Å². The fourth-order valence-corrected chi connectivity index (χ4v) is 3.78. The lowest BCUT2D eigenvalue weighted by atomic mass is 9.99. The molecule has 3 rings (SSSR count). The van der Waals surface area contributed by atoms with E-state index in [-0.39, 0.29) is 35.6 Å². The highest BCUT2D eigenvalue weighted by atomic mass is 16.5. The van der Waals surface area contributed by atoms with Gasteiger partial charge in [0, 0.05) is 25.1 Å². The molecular formula is C14H22N2O3. The second-order valence-corrected chi connectivity index (χ2v) is 6.36. The minimum absolute atomic E-state index is 0.00807. The second kappa shape index (κ2) is 4.87. The molecule has 2 aliphatic heterocycles. The van der Waals surface area contributed by atoms with E-state index in [4.69, 9.17) is 10.5 Å². The Labute approximate surface area is 113 Å². The van der Waals surface area contributed by atoms with E-state index in [1.807, 2.05) is 0 Å². The van der Waals surface area contributed by atoms with Crippen molar-refractivity contribution in [3.63, 3.8) is 0 Å². The lowest BCUT2D eigenvalue weighted by Crippen LogP contribution is -2.45. The van der Waals surface area contributed by atoms with Crippen molar-refractivity contribution in [1.82, 2.24) is 4.90 Å². The number of carbonyl (C=O) groups excluding carboxylic acids is 2. The standard InChI is InChI=1S/C14H22N2O3/c1-8-4-10-11(5-8)14(18)16(13(10)17)6-12(15)9-2-3-19-7-9/h8-12H,2-7,15H2,1H3. The molecule has 19 heavy (non-hydrogen) atoms. The van der Waals surface area contributed by atoms with Crippen LogP contribution in [-0.2, 0) is 14.3 Å². The van der Waals surface area contributed by atoms with Crippen LogP contribution >= 0.6 is 0 Å². The van der Waals surface area contributed by atoms with Crippen LogP contribution in [0, 0.1) is 23.7 Å². The topological polar surface area (TPSA) is 72.6 Å². The maximum absolute atomic E-state index is 12.3. The fourth-order valence-electron chi connectivity index (χ4n) is 3.78. The zero-order chi connectivity index (χ0) is 13.6. The number of ether oxygens (including phenoxy) is 1. The van der Waals surface area contributed by atoms with Crippen LogP contribution in [0.25, 0.3) is 0 Å². The molecule has 3 fully saturated rings. The number of nitrogens with two attached hydrogens (primary N) is 1. The summed E-state index contributed by atoms with van der Waals surface area (Å²) in [7, 11) is 0. The molecule has 1 aliphatic carbocycles. The summed E-state index contributed by atoms with van der Waals surface area (Å²) in [4.78, 5) is 26.0. The number of hydrogen-bond donors (Lipinski definition) is 1. The smallest absolute Gasteiger partial charge is 0.233 e. The summed E-state index contributed by atoms with van der Waals surface area (Å²) in [5.74, 6) is 0.633. The molecule has 5 nitrogen and oxygen atoms in total. The van der Waals surface area contributed by atoms with Crippen LogP contribution in [0.4, 0.5) is 0 Å². The Bertz CT molecular complexity index is 368. The highest BCUT2D eigenvalue weighted by Crippen LogP contribution is 2.42. The van der Waals surface area contributed by atoms with Gasteiger partial charge in [-0.2, -0.15) is 0 Å². The van der Waals surface area contributed by atoms with E-state index in [0.717, 1.165) is 25.9 Å². The number of nitrogens with zero attached hydrogens (tertiary/aromatic N) is 1. The molecule has 1 saturated carbocycles. The lowest BCUT2D eigenvalue weighted by molar-refractivity contribution is -0.141. The molecule has 3 aliphatic rings. The van der Waals surface area contributed by atoms with Crippen LogP contribution in [0.3, 0.4) is 0 Å². The Morgan fingerprint density at radius 3 is 2.47 bits per heavy atom. The van der Waals surface area contributed by atoms with Gasteiger partial charge in [-0.05, 0) is 25.2 Å². The number of imide groups is 1. The predicted molar refractivity (Wildman–Crippen MR) is 69.0 cm³/mol. The first-order valence-electron chi connectivity index (χ1n) is 7.26. The van der Waals surface area contributed by atoms with Gasteiger partial charge in [0.05, 0.1) is 18.4 Å². The van der Waals surface area contributed by atoms with Crippen molar-refractivity contribution in [1.29, 1.82) is 0 Å². The van der Waals surface area contributed by atoms with E-state index in [1.54, 1.807) is 0 Å². The SMILES string of the molecule is CC1CC2C(=O)N(CC(N)C3CCOC3)C(=O)C2C1. The Hall–Kier alpha value is -0.940. The maximum Gasteiger partial charge on any atom is 0.233 e. The van der Waals surface area contributed by atoms with Gasteiger partial charge in [-0.15, -0.1) is 0 Å². The summed E-state index contributed by atoms with van der Waals surface area (Å²) in [6.45, 7) is 3.88. The monoisotopic (exact) mass is 266 g/mol. The summed E-state index contributed by atoms with van der Waals surface area (Å²) in [5, 5.41) is 0. The van der Waals surface area contributed by atoms with Crippen LogP contribution in [0.2, 0.25) is 0 Å². The van der Waals surface area contributed by atoms with Gasteiger partial charge in [0.15, 0.2) is 0 Å². The van der Waals surface area contributed by atoms with Gasteiger partial charge in [0.2, 0.25) is 11.8 Å². The third-order valence-electron chi connectivity index (χ3n) is 4.93. The minimum Gasteiger partial charge on any atom is -0.381 e. The summed E-state index contributed by atoms with van der Waals surface area (Å²) >= 11 is 0. The van der Waals surface area contributed by atoms with Gasteiger partial charge in [-0.25, -0.2) is 0 Å². The minimum atomic E-state index is -0.147. The first-order chi connectivity index (χ1) is 9.08. The first-order valence-corrected chi connectivity index (χ1v) is 7.26. The molecular weight excluding hydrogens is 244 g/mol. The Morgan fingerprint density at radius 1 is 1.32 bits per heavy atom. The third-order valence-corrected chi connectivity index (χ3v) is 4.93. The molecule has 0 bridgehead atoms. The van der Waals surface area contributed by atoms with Gasteiger partial charge in [-0.1, -0.05) is 6.92 Å². The molecule has 4 atom stereocenters. The van der Waals surface area contributed by atoms with Crippen LogP contribution in [0.15, 0.2) is 0 Å². The van der Waals surface area contributed by atoms with Gasteiger partial charge in [-0.3, -0.25) is 14.5 Å². The molecule has 5 heteroatoms. The van der Waals surface area contributed by atoms with Crippen LogP contribution < -0.4 is 5.73 Å². The highest BCUT2D eigenvalue weighted by molar-refractivity contribution is 6.05. The average molecular weight is 266 g/mol. The molecule has 2 amide bonds. The molecule has 2 saturated heterocycles. The Kier molecular flexibility index (Phi) is 3.35. The van der Waals surface area contributed by atoms with Crippen molar-refractivity contribution >= 4 is 11.8 Å². The lowest BCUT2D eigenvalue weighted by Gasteiger charge is -2.24. The number of fused-ring (bicyclic) bond motifs is 1. The van der Waals surface area contributed by atoms with E-state index < -0.39 is 0 Å². The third kappa shape index (κ3) is 2.19. The summed E-state index contributed by atoms with van der Waals surface area (Å²) in [5.41, 5.74) is 6.13. The molecule has 0 aromatic rings. The summed E-state index contributed by atoms with van der Waals surface area (Å²) < 4.78 is 5.32. The zero-order valence-corrected chi connectivity index (χ0v) is 11.4. The highest BCUT2D eigenvalue weighted by Gasteiger charge is 2.52. The number of amides is 2. The van der Waals surface area contributed by atoms with Crippen molar-refractivity contribution in [3.05, 3.63) is 0 Å². The predicted octanol–water partition coefficient (Wildman–Crippen LogP) is 0.381. The Balaban J connectivity index is 1.65. The zero-order valence-electron chi connectivity index (χ0n) is 11.4. The van der Waals surface area contributed by atoms with Crippen LogP contribution in [-0.4, -0.2) is 42.5 Å². The number of likely N-dealkylation sites (tertiary alicyclic amines) is 1. The van der Waals surface area contributed by atoms with Gasteiger partial charge >= 0.3 is 0 Å². The first kappa shape index (κ1) is 13.1. The molecule has 4 unspecified atom stereocenters. The van der Waals surface area contributed by atoms with Crippen molar-refractivity contribution < 1.29 is 14.3 Å². The van der Waals surface area contributed by atoms with Gasteiger partial charge in [0.1, 0.15) is 0 Å². The molecule has 106 valence electrons. The summed E-state index contributed by atoms with van der Waals surface area (Å²) in [6, 6.07) is -0.147. The van der Waals surface area contributed by atoms with E-state index in [2.05, 4.69) is 6.92 Å². The van der Waals surface area contributed by atoms with Gasteiger partial charge < -0.3 is 10.5 Å². The quantitative estimate of drug-likeness (QED) is 0.750. The van der Waals surface area contributed by atoms with E-state index in [9.17, 15) is 9.59 Å². The van der Waals surface area contributed by atoms with Crippen molar-refractivity contribution in [2.75, 3.05) is 19.8 Å². The van der Waals surface area contributed by atoms with E-state index in [0.29, 0.717) is 19.1 Å². The van der Waals surface area contributed by atoms with E-state index >= 15 is 0 Å². The number of hydrogen-bond acceptors (Lipinski definition) is 4. The average Bonchev–Trinajstić information content (AvgIpc) is 3.05. The van der Waals surface area contributed by atoms with Crippen LogP contribution in [0.1, 0.15) is 26.2 Å². The number of carbonyl (C=O) groups is 2. The Morgan fingerprint density at radius 2 is 1.95 bits per heavy atom. The molecule has 0 aromatic carbocycles. The van der Waals surface area contributed by atoms with Crippen molar-refractivity contribution in [2.45, 2.75) is 32.2 Å². The largest absolute Gasteiger partial charge is 0.381 e. The van der Waals surface area contributed by atoms with Crippen molar-refractivity contribution in [2.24, 2.45) is 29.4 Å². The molecule has 0 radical (unpaired) electrons. The molecule has 0 spiro atoms. The second-order valence-electron chi connectivity index (χ2n) is 6.36.